The van der Waals surface area contributed by atoms with Gasteiger partial charge in [-0.25, -0.2) is 4.79 Å². The molecule has 4 fully saturated rings. The van der Waals surface area contributed by atoms with Crippen LogP contribution in [0.1, 0.15) is 49.7 Å². The third-order valence-corrected chi connectivity index (χ3v) is 7.83. The van der Waals surface area contributed by atoms with E-state index in [1.807, 2.05) is 24.3 Å². The Bertz CT molecular complexity index is 912. The summed E-state index contributed by atoms with van der Waals surface area (Å²) in [5.41, 5.74) is 0.557. The maximum absolute atomic E-state index is 13.1. The Balaban J connectivity index is 1.28. The molecule has 4 saturated carbocycles. The average Bonchev–Trinajstić information content (AvgIpc) is 2.74. The average molecular weight is 427 g/mol. The molecule has 5 aliphatic rings. The highest BCUT2D eigenvalue weighted by atomic mass is 16.5. The Morgan fingerprint density at radius 1 is 1.10 bits per heavy atom. The summed E-state index contributed by atoms with van der Waals surface area (Å²) in [6.07, 6.45) is 4.90. The maximum Gasteiger partial charge on any atom is 0.328 e. The van der Waals surface area contributed by atoms with Gasteiger partial charge in [-0.3, -0.25) is 9.59 Å². The molecule has 6 rings (SSSR count). The van der Waals surface area contributed by atoms with Gasteiger partial charge in [-0.05, 0) is 61.5 Å². The van der Waals surface area contributed by atoms with Crippen LogP contribution in [0, 0.1) is 17.3 Å². The summed E-state index contributed by atoms with van der Waals surface area (Å²) in [4.78, 5) is 39.9. The number of hydrogen-bond donors (Lipinski definition) is 1. The molecule has 0 spiro atoms. The van der Waals surface area contributed by atoms with Crippen molar-refractivity contribution in [3.8, 4) is 0 Å². The number of carbonyl (C=O) groups is 3. The van der Waals surface area contributed by atoms with E-state index >= 15 is 0 Å². The van der Waals surface area contributed by atoms with Crippen molar-refractivity contribution in [2.75, 3.05) is 13.7 Å². The van der Waals surface area contributed by atoms with Gasteiger partial charge in [0.25, 0.3) is 5.91 Å². The lowest BCUT2D eigenvalue weighted by molar-refractivity contribution is -0.197. The van der Waals surface area contributed by atoms with Gasteiger partial charge in [-0.2, -0.15) is 0 Å². The van der Waals surface area contributed by atoms with E-state index in [4.69, 9.17) is 9.47 Å². The van der Waals surface area contributed by atoms with Crippen LogP contribution in [-0.2, 0) is 36.8 Å². The largest absolute Gasteiger partial charge is 0.467 e. The summed E-state index contributed by atoms with van der Waals surface area (Å²) < 4.78 is 10.5. The van der Waals surface area contributed by atoms with Gasteiger partial charge in [0.05, 0.1) is 18.1 Å². The number of amides is 1. The number of esters is 2. The number of nitrogens with zero attached hydrogens (tertiary/aromatic N) is 1. The molecular formula is C24H29NO6. The molecule has 1 aromatic rings. The number of rotatable bonds is 4. The SMILES string of the molecule is COC(=O)[C@H]1Cc2ccccc2CN1C(=O)COC(=O)C12C[C@@H]3C[C@@H](CC(O)(C3)C1)C2. The zero-order valence-corrected chi connectivity index (χ0v) is 17.8. The summed E-state index contributed by atoms with van der Waals surface area (Å²) in [6.45, 7) is -0.120. The summed E-state index contributed by atoms with van der Waals surface area (Å²) in [5.74, 6) is -0.534. The predicted molar refractivity (Wildman–Crippen MR) is 110 cm³/mol. The highest BCUT2D eigenvalue weighted by Gasteiger charge is 2.61. The van der Waals surface area contributed by atoms with Crippen LogP contribution < -0.4 is 0 Å². The van der Waals surface area contributed by atoms with E-state index in [-0.39, 0.29) is 12.5 Å². The van der Waals surface area contributed by atoms with Crippen molar-refractivity contribution < 1.29 is 29.0 Å². The Morgan fingerprint density at radius 3 is 2.42 bits per heavy atom. The molecule has 0 radical (unpaired) electrons. The third kappa shape index (κ3) is 3.53. The van der Waals surface area contributed by atoms with Gasteiger partial charge in [-0.15, -0.1) is 0 Å². The van der Waals surface area contributed by atoms with E-state index in [2.05, 4.69) is 0 Å². The van der Waals surface area contributed by atoms with E-state index < -0.39 is 35.5 Å². The number of benzene rings is 1. The zero-order chi connectivity index (χ0) is 21.8. The lowest BCUT2D eigenvalue weighted by atomic mass is 9.48. The summed E-state index contributed by atoms with van der Waals surface area (Å²) >= 11 is 0. The molecule has 7 heteroatoms. The Kier molecular flexibility index (Phi) is 4.84. The maximum atomic E-state index is 13.1. The van der Waals surface area contributed by atoms with Crippen LogP contribution in [0.5, 0.6) is 0 Å². The van der Waals surface area contributed by atoms with Gasteiger partial charge in [0.15, 0.2) is 6.61 Å². The minimum absolute atomic E-state index is 0.279. The molecule has 1 amide bonds. The molecule has 4 aliphatic carbocycles. The van der Waals surface area contributed by atoms with Crippen molar-refractivity contribution in [3.63, 3.8) is 0 Å². The molecule has 4 bridgehead atoms. The lowest BCUT2D eigenvalue weighted by Gasteiger charge is -2.58. The van der Waals surface area contributed by atoms with Gasteiger partial charge in [0.1, 0.15) is 6.04 Å². The van der Waals surface area contributed by atoms with Crippen LogP contribution in [0.3, 0.4) is 0 Å². The molecular weight excluding hydrogens is 398 g/mol. The Labute approximate surface area is 181 Å². The number of ether oxygens (including phenoxy) is 2. The predicted octanol–water partition coefficient (Wildman–Crippen LogP) is 1.99. The van der Waals surface area contributed by atoms with E-state index in [0.29, 0.717) is 24.7 Å². The Morgan fingerprint density at radius 2 is 1.77 bits per heavy atom. The standard InChI is InChI=1S/C24H29NO6/c1-30-21(27)19-7-17-4-2-3-5-18(17)12-25(19)20(26)13-31-22(28)23-8-15-6-16(9-23)11-24(29,10-15)14-23/h2-5,15-16,19,29H,6-14H2,1H3/t15-,16+,19-,23?,24?/m1/s1. The minimum Gasteiger partial charge on any atom is -0.467 e. The van der Waals surface area contributed by atoms with E-state index in [9.17, 15) is 19.5 Å². The van der Waals surface area contributed by atoms with Crippen LogP contribution in [-0.4, -0.2) is 53.2 Å². The van der Waals surface area contributed by atoms with Crippen LogP contribution >= 0.6 is 0 Å². The molecule has 166 valence electrons. The first-order valence-corrected chi connectivity index (χ1v) is 11.1. The third-order valence-electron chi connectivity index (χ3n) is 7.83. The second-order valence-corrected chi connectivity index (χ2v) is 10.1. The number of carbonyl (C=O) groups excluding carboxylic acids is 3. The second-order valence-electron chi connectivity index (χ2n) is 10.1. The number of aliphatic hydroxyl groups is 1. The fourth-order valence-electron chi connectivity index (χ4n) is 6.95. The normalized spacial score (nSPS) is 35.4. The molecule has 7 nitrogen and oxygen atoms in total. The molecule has 1 N–H and O–H groups in total. The lowest BCUT2D eigenvalue weighted by Crippen LogP contribution is -2.58. The molecule has 1 aliphatic heterocycles. The number of methoxy groups -OCH3 is 1. The van der Waals surface area contributed by atoms with Gasteiger partial charge in [0, 0.05) is 13.0 Å². The van der Waals surface area contributed by atoms with Crippen molar-refractivity contribution in [1.82, 2.24) is 4.90 Å². The highest BCUT2D eigenvalue weighted by Crippen LogP contribution is 2.61. The molecule has 0 saturated heterocycles. The van der Waals surface area contributed by atoms with Crippen molar-refractivity contribution >= 4 is 17.8 Å². The van der Waals surface area contributed by atoms with Crippen LogP contribution in [0.4, 0.5) is 0 Å². The van der Waals surface area contributed by atoms with Gasteiger partial charge >= 0.3 is 11.9 Å². The molecule has 2 unspecified atom stereocenters. The highest BCUT2D eigenvalue weighted by molar-refractivity contribution is 5.88. The summed E-state index contributed by atoms with van der Waals surface area (Å²) in [6, 6.07) is 6.96. The fourth-order valence-corrected chi connectivity index (χ4v) is 6.95. The quantitative estimate of drug-likeness (QED) is 0.739. The monoisotopic (exact) mass is 427 g/mol. The van der Waals surface area contributed by atoms with Crippen molar-refractivity contribution in [2.45, 2.75) is 63.1 Å². The second kappa shape index (κ2) is 7.33. The topological polar surface area (TPSA) is 93.1 Å². The number of hydrogen-bond acceptors (Lipinski definition) is 6. The first-order valence-electron chi connectivity index (χ1n) is 11.1. The molecule has 5 atom stereocenters. The first-order chi connectivity index (χ1) is 14.8. The molecule has 31 heavy (non-hydrogen) atoms. The van der Waals surface area contributed by atoms with Crippen molar-refractivity contribution in [1.29, 1.82) is 0 Å². The van der Waals surface area contributed by atoms with Gasteiger partial charge in [-0.1, -0.05) is 24.3 Å². The summed E-state index contributed by atoms with van der Waals surface area (Å²) in [5, 5.41) is 10.9. The molecule has 1 aromatic carbocycles. The minimum atomic E-state index is -0.764. The molecule has 0 aromatic heterocycles. The fraction of sp³-hybridized carbons (Fsp3) is 0.625. The van der Waals surface area contributed by atoms with E-state index in [1.54, 1.807) is 0 Å². The van der Waals surface area contributed by atoms with Gasteiger partial charge < -0.3 is 19.5 Å². The van der Waals surface area contributed by atoms with Gasteiger partial charge in [0.2, 0.25) is 0 Å². The summed E-state index contributed by atoms with van der Waals surface area (Å²) in [7, 11) is 1.31. The van der Waals surface area contributed by atoms with Crippen LogP contribution in [0.25, 0.3) is 0 Å². The van der Waals surface area contributed by atoms with Crippen molar-refractivity contribution in [2.24, 2.45) is 17.3 Å². The molecule has 1 heterocycles. The van der Waals surface area contributed by atoms with Crippen molar-refractivity contribution in [3.05, 3.63) is 35.4 Å². The first kappa shape index (κ1) is 20.5. The van der Waals surface area contributed by atoms with E-state index in [1.165, 1.54) is 12.0 Å². The zero-order valence-electron chi connectivity index (χ0n) is 17.8. The van der Waals surface area contributed by atoms with E-state index in [0.717, 1.165) is 43.2 Å². The van der Waals surface area contributed by atoms with Crippen LogP contribution in [0.15, 0.2) is 24.3 Å². The smallest absolute Gasteiger partial charge is 0.328 e. The number of fused-ring (bicyclic) bond motifs is 1. The van der Waals surface area contributed by atoms with Crippen LogP contribution in [0.2, 0.25) is 0 Å². The Hall–Kier alpha value is -2.41.